The van der Waals surface area contributed by atoms with Crippen molar-refractivity contribution in [2.24, 2.45) is 0 Å². The molecule has 0 fully saturated rings. The van der Waals surface area contributed by atoms with Gasteiger partial charge in [-0.3, -0.25) is 9.10 Å². The molecule has 190 valence electrons. The summed E-state index contributed by atoms with van der Waals surface area (Å²) in [6.45, 7) is 1.31. The predicted molar refractivity (Wildman–Crippen MR) is 140 cm³/mol. The predicted octanol–water partition coefficient (Wildman–Crippen LogP) is 4.56. The van der Waals surface area contributed by atoms with Crippen LogP contribution in [-0.4, -0.2) is 41.1 Å². The Bertz CT molecular complexity index is 1380. The van der Waals surface area contributed by atoms with Crippen LogP contribution in [0, 0.1) is 6.92 Å². The number of amides is 1. The zero-order valence-electron chi connectivity index (χ0n) is 20.4. The molecule has 0 saturated carbocycles. The molecule has 4 rings (SSSR count). The van der Waals surface area contributed by atoms with Gasteiger partial charge in [-0.1, -0.05) is 24.3 Å². The van der Waals surface area contributed by atoms with Gasteiger partial charge in [0.15, 0.2) is 0 Å². The number of benzene rings is 2. The summed E-state index contributed by atoms with van der Waals surface area (Å²) in [6, 6.07) is 13.0. The zero-order chi connectivity index (χ0) is 25.9. The highest BCUT2D eigenvalue weighted by atomic mass is 32.2. The third-order valence-electron chi connectivity index (χ3n) is 6.04. The Kier molecular flexibility index (Phi) is 7.65. The molecule has 36 heavy (non-hydrogen) atoms. The first-order valence-electron chi connectivity index (χ1n) is 11.5. The maximum Gasteiger partial charge on any atom is 0.341 e. The highest BCUT2D eigenvalue weighted by Gasteiger charge is 2.31. The fourth-order valence-corrected chi connectivity index (χ4v) is 7.02. The molecule has 0 bridgehead atoms. The van der Waals surface area contributed by atoms with Gasteiger partial charge in [0.25, 0.3) is 10.0 Å². The SMILES string of the molecule is COC(=O)c1c(NC(=O)CN(c2cc(C)ccc2OC)S(=O)(=O)c2ccccc2)sc2c1CCCC2. The second-order valence-electron chi connectivity index (χ2n) is 8.45. The highest BCUT2D eigenvalue weighted by Crippen LogP contribution is 2.39. The van der Waals surface area contributed by atoms with E-state index in [1.54, 1.807) is 36.4 Å². The Labute approximate surface area is 214 Å². The molecule has 1 aliphatic carbocycles. The number of hydrogen-bond acceptors (Lipinski definition) is 7. The van der Waals surface area contributed by atoms with Crippen molar-refractivity contribution >= 4 is 43.9 Å². The van der Waals surface area contributed by atoms with E-state index in [-0.39, 0.29) is 10.6 Å². The number of carbonyl (C=O) groups is 2. The van der Waals surface area contributed by atoms with Crippen molar-refractivity contribution in [3.8, 4) is 5.75 Å². The van der Waals surface area contributed by atoms with E-state index in [4.69, 9.17) is 9.47 Å². The van der Waals surface area contributed by atoms with E-state index in [0.29, 0.717) is 16.3 Å². The van der Waals surface area contributed by atoms with Gasteiger partial charge >= 0.3 is 5.97 Å². The molecule has 1 heterocycles. The Hall–Kier alpha value is -3.37. The minimum Gasteiger partial charge on any atom is -0.495 e. The smallest absolute Gasteiger partial charge is 0.341 e. The minimum atomic E-state index is -4.12. The van der Waals surface area contributed by atoms with E-state index in [0.717, 1.165) is 46.0 Å². The number of nitrogens with one attached hydrogen (secondary N) is 1. The zero-order valence-corrected chi connectivity index (χ0v) is 22.0. The second kappa shape index (κ2) is 10.7. The molecule has 0 spiro atoms. The number of methoxy groups -OCH3 is 2. The molecule has 0 atom stereocenters. The number of carbonyl (C=O) groups excluding carboxylic acids is 2. The Balaban J connectivity index is 1.73. The Morgan fingerprint density at radius 2 is 1.78 bits per heavy atom. The van der Waals surface area contributed by atoms with Gasteiger partial charge in [-0.25, -0.2) is 13.2 Å². The molecule has 0 saturated heterocycles. The van der Waals surface area contributed by atoms with Crippen LogP contribution in [0.1, 0.15) is 39.2 Å². The van der Waals surface area contributed by atoms with Gasteiger partial charge in [0.1, 0.15) is 17.3 Å². The monoisotopic (exact) mass is 528 g/mol. The summed E-state index contributed by atoms with van der Waals surface area (Å²) in [5.74, 6) is -0.782. The fourth-order valence-electron chi connectivity index (χ4n) is 4.28. The lowest BCUT2D eigenvalue weighted by Gasteiger charge is -2.26. The van der Waals surface area contributed by atoms with Crippen molar-refractivity contribution in [3.63, 3.8) is 0 Å². The van der Waals surface area contributed by atoms with Crippen LogP contribution in [0.3, 0.4) is 0 Å². The van der Waals surface area contributed by atoms with Crippen LogP contribution in [-0.2, 0) is 32.4 Å². The van der Waals surface area contributed by atoms with E-state index >= 15 is 0 Å². The van der Waals surface area contributed by atoms with Crippen molar-refractivity contribution in [1.82, 2.24) is 0 Å². The highest BCUT2D eigenvalue weighted by molar-refractivity contribution is 7.92. The summed E-state index contributed by atoms with van der Waals surface area (Å²) >= 11 is 1.35. The number of esters is 1. The number of ether oxygens (including phenoxy) is 2. The topological polar surface area (TPSA) is 102 Å². The van der Waals surface area contributed by atoms with Crippen LogP contribution in [0.15, 0.2) is 53.4 Å². The van der Waals surface area contributed by atoms with Crippen molar-refractivity contribution in [3.05, 3.63) is 70.1 Å². The van der Waals surface area contributed by atoms with Gasteiger partial charge in [0.2, 0.25) is 5.91 Å². The summed E-state index contributed by atoms with van der Waals surface area (Å²) < 4.78 is 38.9. The summed E-state index contributed by atoms with van der Waals surface area (Å²) in [6.07, 6.45) is 3.53. The lowest BCUT2D eigenvalue weighted by Crippen LogP contribution is -2.38. The van der Waals surface area contributed by atoms with Crippen molar-refractivity contribution in [2.75, 3.05) is 30.4 Å². The van der Waals surface area contributed by atoms with Crippen LogP contribution in [0.2, 0.25) is 0 Å². The molecule has 1 N–H and O–H groups in total. The van der Waals surface area contributed by atoms with Crippen LogP contribution >= 0.6 is 11.3 Å². The van der Waals surface area contributed by atoms with Crippen LogP contribution in [0.4, 0.5) is 10.7 Å². The molecule has 10 heteroatoms. The first-order chi connectivity index (χ1) is 17.3. The van der Waals surface area contributed by atoms with Gasteiger partial charge in [-0.05, 0) is 68.0 Å². The van der Waals surface area contributed by atoms with E-state index in [1.807, 2.05) is 6.92 Å². The Morgan fingerprint density at radius 1 is 1.06 bits per heavy atom. The molecule has 1 aromatic heterocycles. The van der Waals surface area contributed by atoms with E-state index in [2.05, 4.69) is 5.32 Å². The van der Waals surface area contributed by atoms with Gasteiger partial charge in [0.05, 0.1) is 30.4 Å². The molecule has 0 unspecified atom stereocenters. The average molecular weight is 529 g/mol. The minimum absolute atomic E-state index is 0.0446. The molecule has 1 amide bonds. The maximum atomic E-state index is 13.7. The molecular weight excluding hydrogens is 500 g/mol. The van der Waals surface area contributed by atoms with Gasteiger partial charge in [0, 0.05) is 4.88 Å². The lowest BCUT2D eigenvalue weighted by atomic mass is 9.95. The van der Waals surface area contributed by atoms with Gasteiger partial charge in [-0.15, -0.1) is 11.3 Å². The number of sulfonamides is 1. The number of aryl methyl sites for hydroxylation is 2. The number of hydrogen-bond donors (Lipinski definition) is 1. The molecule has 3 aromatic rings. The third-order valence-corrected chi connectivity index (χ3v) is 9.02. The number of nitrogens with zero attached hydrogens (tertiary/aromatic N) is 1. The second-order valence-corrected chi connectivity index (χ2v) is 11.4. The molecular formula is C26H28N2O6S2. The van der Waals surface area contributed by atoms with Crippen LogP contribution in [0.25, 0.3) is 0 Å². The fraction of sp³-hybridized carbons (Fsp3) is 0.308. The largest absolute Gasteiger partial charge is 0.495 e. The van der Waals surface area contributed by atoms with Crippen molar-refractivity contribution in [2.45, 2.75) is 37.5 Å². The normalized spacial score (nSPS) is 13.0. The number of anilines is 2. The number of rotatable bonds is 8. The quantitative estimate of drug-likeness (QED) is 0.430. The summed E-state index contributed by atoms with van der Waals surface area (Å²) in [5.41, 5.74) is 2.31. The first-order valence-corrected chi connectivity index (χ1v) is 13.8. The van der Waals surface area contributed by atoms with Crippen molar-refractivity contribution in [1.29, 1.82) is 0 Å². The third kappa shape index (κ3) is 5.10. The van der Waals surface area contributed by atoms with E-state index < -0.39 is 28.4 Å². The van der Waals surface area contributed by atoms with Crippen LogP contribution < -0.4 is 14.4 Å². The van der Waals surface area contributed by atoms with Gasteiger partial charge in [-0.2, -0.15) is 0 Å². The number of thiophene rings is 1. The van der Waals surface area contributed by atoms with E-state index in [9.17, 15) is 18.0 Å². The first kappa shape index (κ1) is 25.7. The maximum absolute atomic E-state index is 13.7. The molecule has 0 aliphatic heterocycles. The molecule has 8 nitrogen and oxygen atoms in total. The standard InChI is InChI=1S/C26H28N2O6S2/c1-17-13-14-21(33-2)20(15-17)28(36(31,32)18-9-5-4-6-10-18)16-23(29)27-25-24(26(30)34-3)19-11-7-8-12-22(19)35-25/h4-6,9-10,13-15H,7-8,11-12,16H2,1-3H3,(H,27,29). The lowest BCUT2D eigenvalue weighted by molar-refractivity contribution is -0.114. The summed E-state index contributed by atoms with van der Waals surface area (Å²) in [4.78, 5) is 27.0. The molecule has 0 radical (unpaired) electrons. The van der Waals surface area contributed by atoms with Crippen LogP contribution in [0.5, 0.6) is 5.75 Å². The average Bonchev–Trinajstić information content (AvgIpc) is 3.24. The molecule has 2 aromatic carbocycles. The summed E-state index contributed by atoms with van der Waals surface area (Å²) in [5, 5.41) is 3.17. The Morgan fingerprint density at radius 3 is 2.47 bits per heavy atom. The molecule has 1 aliphatic rings. The number of fused-ring (bicyclic) bond motifs is 1. The van der Waals surface area contributed by atoms with E-state index in [1.165, 1.54) is 37.7 Å². The van der Waals surface area contributed by atoms with Gasteiger partial charge < -0.3 is 14.8 Å². The summed E-state index contributed by atoms with van der Waals surface area (Å²) in [7, 11) is -1.37. The van der Waals surface area contributed by atoms with Crippen molar-refractivity contribution < 1.29 is 27.5 Å².